The van der Waals surface area contributed by atoms with Gasteiger partial charge in [0.1, 0.15) is 5.82 Å². The van der Waals surface area contributed by atoms with Gasteiger partial charge in [-0.1, -0.05) is 19.9 Å². The third-order valence-corrected chi connectivity index (χ3v) is 6.07. The van der Waals surface area contributed by atoms with Gasteiger partial charge in [0.25, 0.3) is 0 Å². The molecule has 1 aromatic heterocycles. The second-order valence-electron chi connectivity index (χ2n) is 8.24. The highest BCUT2D eigenvalue weighted by atomic mass is 127. The minimum atomic E-state index is 0. The maximum atomic E-state index is 4.79. The lowest BCUT2D eigenvalue weighted by atomic mass is 9.87. The highest BCUT2D eigenvalue weighted by Gasteiger charge is 2.19. The van der Waals surface area contributed by atoms with E-state index < -0.39 is 0 Å². The predicted octanol–water partition coefficient (Wildman–Crippen LogP) is 3.48. The van der Waals surface area contributed by atoms with Crippen molar-refractivity contribution in [3.63, 3.8) is 0 Å². The molecule has 164 valence electrons. The lowest BCUT2D eigenvalue weighted by Gasteiger charge is -2.34. The smallest absolute Gasteiger partial charge is 0.191 e. The molecule has 0 atom stereocenters. The van der Waals surface area contributed by atoms with Crippen molar-refractivity contribution in [3.8, 4) is 0 Å². The van der Waals surface area contributed by atoms with Crippen LogP contribution in [0.1, 0.15) is 52.0 Å². The van der Waals surface area contributed by atoms with E-state index in [2.05, 4.69) is 53.3 Å². The third kappa shape index (κ3) is 7.59. The van der Waals surface area contributed by atoms with Crippen molar-refractivity contribution < 1.29 is 0 Å². The average molecular weight is 515 g/mol. The van der Waals surface area contributed by atoms with Crippen LogP contribution in [0.2, 0.25) is 0 Å². The van der Waals surface area contributed by atoms with E-state index >= 15 is 0 Å². The Bertz CT molecular complexity index is 604. The molecule has 1 aromatic rings. The molecule has 6 nitrogen and oxygen atoms in total. The van der Waals surface area contributed by atoms with E-state index in [1.165, 1.54) is 25.7 Å². The zero-order chi connectivity index (χ0) is 19.8. The summed E-state index contributed by atoms with van der Waals surface area (Å²) in [5, 5.41) is 7.02. The largest absolute Gasteiger partial charge is 0.357 e. The molecule has 0 aromatic carbocycles. The van der Waals surface area contributed by atoms with Gasteiger partial charge in [-0.25, -0.2) is 9.98 Å². The molecule has 2 heterocycles. The topological polar surface area (TPSA) is 55.8 Å². The second-order valence-corrected chi connectivity index (χ2v) is 8.24. The maximum Gasteiger partial charge on any atom is 0.191 e. The molecule has 1 aliphatic heterocycles. The number of rotatable bonds is 6. The van der Waals surface area contributed by atoms with Crippen LogP contribution in [0.4, 0.5) is 5.82 Å². The van der Waals surface area contributed by atoms with Gasteiger partial charge in [-0.3, -0.25) is 0 Å². The van der Waals surface area contributed by atoms with Gasteiger partial charge in [-0.05, 0) is 56.7 Å². The van der Waals surface area contributed by atoms with E-state index in [1.807, 2.05) is 6.20 Å². The molecule has 0 bridgehead atoms. The lowest BCUT2D eigenvalue weighted by Crippen LogP contribution is -2.46. The van der Waals surface area contributed by atoms with E-state index in [9.17, 15) is 0 Å². The minimum Gasteiger partial charge on any atom is -0.357 e. The Morgan fingerprint density at radius 1 is 1.10 bits per heavy atom. The zero-order valence-electron chi connectivity index (χ0n) is 18.4. The molecule has 2 fully saturated rings. The molecular weight excluding hydrogens is 475 g/mol. The Kier molecular flexibility index (Phi) is 10.5. The Morgan fingerprint density at radius 2 is 1.83 bits per heavy atom. The number of aromatic nitrogens is 1. The highest BCUT2D eigenvalue weighted by Crippen LogP contribution is 2.23. The van der Waals surface area contributed by atoms with E-state index in [-0.39, 0.29) is 24.0 Å². The first-order valence-corrected chi connectivity index (χ1v) is 11.1. The molecule has 2 aliphatic rings. The van der Waals surface area contributed by atoms with Crippen LogP contribution >= 0.6 is 24.0 Å². The van der Waals surface area contributed by atoms with Crippen LogP contribution in [0.5, 0.6) is 0 Å². The fourth-order valence-corrected chi connectivity index (χ4v) is 4.08. The number of pyridine rings is 1. The van der Waals surface area contributed by atoms with Crippen LogP contribution in [0.15, 0.2) is 23.3 Å². The van der Waals surface area contributed by atoms with Gasteiger partial charge in [0, 0.05) is 45.0 Å². The van der Waals surface area contributed by atoms with Crippen molar-refractivity contribution in [2.24, 2.45) is 10.9 Å². The molecule has 1 saturated carbocycles. The molecule has 1 saturated heterocycles. The Labute approximate surface area is 194 Å². The van der Waals surface area contributed by atoms with Gasteiger partial charge < -0.3 is 20.4 Å². The SMILES string of the molecule is CCNC(=NCc1ccc(N2CCN(CC)CC2)nc1)NC1CCC(C)CC1.I. The predicted molar refractivity (Wildman–Crippen MR) is 133 cm³/mol. The molecule has 7 heteroatoms. The molecular formula is C22H39IN6. The molecule has 1 aliphatic carbocycles. The Morgan fingerprint density at radius 3 is 2.41 bits per heavy atom. The quantitative estimate of drug-likeness (QED) is 0.346. The summed E-state index contributed by atoms with van der Waals surface area (Å²) < 4.78 is 0. The summed E-state index contributed by atoms with van der Waals surface area (Å²) >= 11 is 0. The highest BCUT2D eigenvalue weighted by molar-refractivity contribution is 14.0. The number of guanidine groups is 1. The number of hydrogen-bond acceptors (Lipinski definition) is 4. The van der Waals surface area contributed by atoms with Crippen LogP contribution < -0.4 is 15.5 Å². The van der Waals surface area contributed by atoms with Crippen LogP contribution in [0, 0.1) is 5.92 Å². The number of aliphatic imine (C=N–C) groups is 1. The van der Waals surface area contributed by atoms with E-state index in [0.717, 1.165) is 62.5 Å². The lowest BCUT2D eigenvalue weighted by molar-refractivity contribution is 0.270. The number of halogens is 1. The minimum absolute atomic E-state index is 0. The van der Waals surface area contributed by atoms with E-state index in [4.69, 9.17) is 9.98 Å². The van der Waals surface area contributed by atoms with Gasteiger partial charge >= 0.3 is 0 Å². The van der Waals surface area contributed by atoms with E-state index in [1.54, 1.807) is 0 Å². The molecule has 29 heavy (non-hydrogen) atoms. The summed E-state index contributed by atoms with van der Waals surface area (Å²) in [5.41, 5.74) is 1.16. The number of nitrogens with zero attached hydrogens (tertiary/aromatic N) is 4. The number of anilines is 1. The van der Waals surface area contributed by atoms with Gasteiger partial charge in [-0.15, -0.1) is 24.0 Å². The van der Waals surface area contributed by atoms with Crippen molar-refractivity contribution >= 4 is 35.8 Å². The third-order valence-electron chi connectivity index (χ3n) is 6.07. The fraction of sp³-hybridized carbons (Fsp3) is 0.727. The molecule has 0 spiro atoms. The first kappa shape index (κ1) is 24.2. The van der Waals surface area contributed by atoms with Crippen LogP contribution in [-0.4, -0.2) is 61.2 Å². The zero-order valence-corrected chi connectivity index (χ0v) is 20.7. The van der Waals surface area contributed by atoms with Gasteiger partial charge in [0.2, 0.25) is 0 Å². The standard InChI is InChI=1S/C22H38N6.HI/c1-4-23-22(26-20-9-6-18(3)7-10-20)25-17-19-8-11-21(24-16-19)28-14-12-27(5-2)13-15-28;/h8,11,16,18,20H,4-7,9-10,12-15,17H2,1-3H3,(H2,23,25,26);1H. The van der Waals surface area contributed by atoms with Crippen molar-refractivity contribution in [2.75, 3.05) is 44.2 Å². The fourth-order valence-electron chi connectivity index (χ4n) is 4.08. The summed E-state index contributed by atoms with van der Waals surface area (Å²) in [7, 11) is 0. The van der Waals surface area contributed by atoms with Gasteiger partial charge in [0.15, 0.2) is 5.96 Å². The number of piperazine rings is 1. The van der Waals surface area contributed by atoms with Gasteiger partial charge in [0.05, 0.1) is 6.54 Å². The van der Waals surface area contributed by atoms with Crippen molar-refractivity contribution in [3.05, 3.63) is 23.9 Å². The van der Waals surface area contributed by atoms with Crippen LogP contribution in [0.25, 0.3) is 0 Å². The summed E-state index contributed by atoms with van der Waals surface area (Å²) in [6, 6.07) is 4.87. The number of nitrogens with one attached hydrogen (secondary N) is 2. The molecule has 3 rings (SSSR count). The van der Waals surface area contributed by atoms with Crippen LogP contribution in [-0.2, 0) is 6.54 Å². The normalized spacial score (nSPS) is 23.4. The Balaban J connectivity index is 0.00000300. The molecule has 2 N–H and O–H groups in total. The van der Waals surface area contributed by atoms with Gasteiger partial charge in [-0.2, -0.15) is 0 Å². The molecule has 0 amide bonds. The molecule has 0 radical (unpaired) electrons. The summed E-state index contributed by atoms with van der Waals surface area (Å²) in [6.45, 7) is 13.8. The summed E-state index contributed by atoms with van der Waals surface area (Å²) in [5.74, 6) is 2.89. The first-order valence-electron chi connectivity index (χ1n) is 11.1. The monoisotopic (exact) mass is 514 g/mol. The first-order chi connectivity index (χ1) is 13.7. The van der Waals surface area contributed by atoms with E-state index in [0.29, 0.717) is 12.6 Å². The molecule has 0 unspecified atom stereocenters. The van der Waals surface area contributed by atoms with Crippen molar-refractivity contribution in [1.82, 2.24) is 20.5 Å². The Hall–Kier alpha value is -1.09. The van der Waals surface area contributed by atoms with Crippen molar-refractivity contribution in [2.45, 2.75) is 59.0 Å². The maximum absolute atomic E-state index is 4.79. The number of likely N-dealkylation sites (N-methyl/N-ethyl adjacent to an activating group) is 1. The number of hydrogen-bond donors (Lipinski definition) is 2. The summed E-state index contributed by atoms with van der Waals surface area (Å²) in [6.07, 6.45) is 7.10. The second kappa shape index (κ2) is 12.6. The van der Waals surface area contributed by atoms with Crippen LogP contribution in [0.3, 0.4) is 0 Å². The summed E-state index contributed by atoms with van der Waals surface area (Å²) in [4.78, 5) is 14.4. The average Bonchev–Trinajstić information content (AvgIpc) is 2.74. The van der Waals surface area contributed by atoms with Crippen molar-refractivity contribution in [1.29, 1.82) is 0 Å².